The molecular formula is C35H38Cl2N2. The highest BCUT2D eigenvalue weighted by Gasteiger charge is 2.28. The summed E-state index contributed by atoms with van der Waals surface area (Å²) in [5, 5.41) is 5.04. The molecule has 2 aliphatic carbocycles. The average molecular weight is 558 g/mol. The molecule has 2 nitrogen and oxygen atoms in total. The first-order valence-electron chi connectivity index (χ1n) is 14.0. The summed E-state index contributed by atoms with van der Waals surface area (Å²) in [6.45, 7) is 4.94. The molecule has 0 amide bonds. The van der Waals surface area contributed by atoms with E-state index in [0.29, 0.717) is 11.1 Å². The van der Waals surface area contributed by atoms with Crippen molar-refractivity contribution >= 4 is 34.3 Å². The summed E-state index contributed by atoms with van der Waals surface area (Å²) < 4.78 is 0. The van der Waals surface area contributed by atoms with Gasteiger partial charge in [0.1, 0.15) is 0 Å². The van der Waals surface area contributed by atoms with Crippen molar-refractivity contribution in [3.63, 3.8) is 0 Å². The third-order valence-electron chi connectivity index (χ3n) is 8.13. The van der Waals surface area contributed by atoms with E-state index in [1.54, 1.807) is 0 Å². The summed E-state index contributed by atoms with van der Waals surface area (Å²) in [5.41, 5.74) is 10.1. The van der Waals surface area contributed by atoms with Gasteiger partial charge in [-0.2, -0.15) is 0 Å². The van der Waals surface area contributed by atoms with Gasteiger partial charge in [0.05, 0.1) is 0 Å². The van der Waals surface area contributed by atoms with E-state index in [-0.39, 0.29) is 0 Å². The van der Waals surface area contributed by atoms with E-state index >= 15 is 0 Å². The highest BCUT2D eigenvalue weighted by Crippen LogP contribution is 2.42. The molecule has 1 N–H and O–H groups in total. The summed E-state index contributed by atoms with van der Waals surface area (Å²) in [6, 6.07) is 24.6. The second kappa shape index (κ2) is 12.6. The fourth-order valence-electron chi connectivity index (χ4n) is 5.85. The monoisotopic (exact) mass is 556 g/mol. The zero-order valence-corrected chi connectivity index (χ0v) is 24.5. The first-order chi connectivity index (χ1) is 18.9. The van der Waals surface area contributed by atoms with Gasteiger partial charge in [-0.25, -0.2) is 0 Å². The summed E-state index contributed by atoms with van der Waals surface area (Å²) >= 11 is 13.0. The molecular weight excluding hydrogens is 519 g/mol. The molecule has 0 aliphatic heterocycles. The van der Waals surface area contributed by atoms with Crippen molar-refractivity contribution < 1.29 is 0 Å². The van der Waals surface area contributed by atoms with Gasteiger partial charge in [-0.3, -0.25) is 0 Å². The van der Waals surface area contributed by atoms with E-state index in [1.807, 2.05) is 31.1 Å². The number of benzene rings is 3. The lowest BCUT2D eigenvalue weighted by Gasteiger charge is -2.36. The molecule has 0 bridgehead atoms. The normalized spacial score (nSPS) is 19.0. The number of aryl methyl sites for hydroxylation is 1. The third-order valence-corrected chi connectivity index (χ3v) is 8.68. The van der Waals surface area contributed by atoms with Crippen LogP contribution in [0.15, 0.2) is 91.2 Å². The number of likely N-dealkylation sites (N-methyl/N-ethyl adjacent to an activating group) is 1. The van der Waals surface area contributed by atoms with E-state index in [9.17, 15) is 0 Å². The van der Waals surface area contributed by atoms with Gasteiger partial charge < -0.3 is 10.2 Å². The van der Waals surface area contributed by atoms with Crippen molar-refractivity contribution in [1.82, 2.24) is 10.2 Å². The Morgan fingerprint density at radius 3 is 2.49 bits per heavy atom. The molecule has 2 aliphatic rings. The highest BCUT2D eigenvalue weighted by molar-refractivity contribution is 6.36. The van der Waals surface area contributed by atoms with Crippen LogP contribution in [-0.2, 0) is 12.8 Å². The maximum Gasteiger partial charge on any atom is 0.0496 e. The number of halogens is 2. The Labute approximate surface area is 244 Å². The SMILES string of the molecule is C=C(/C=C/CNC1CC(Cc2ccc(C3=C(c4ccc(Cl)cc4Cl)CCCc4ccccc43)cc2)C1)N(C)C. The summed E-state index contributed by atoms with van der Waals surface area (Å²) in [5.74, 6) is 0.746. The maximum absolute atomic E-state index is 6.75. The molecule has 0 spiro atoms. The fourth-order valence-corrected chi connectivity index (χ4v) is 6.37. The second-order valence-corrected chi connectivity index (χ2v) is 12.0. The Morgan fingerprint density at radius 1 is 0.974 bits per heavy atom. The molecule has 1 fully saturated rings. The van der Waals surface area contributed by atoms with Gasteiger partial charge >= 0.3 is 0 Å². The van der Waals surface area contributed by atoms with Gasteiger partial charge in [0.25, 0.3) is 0 Å². The van der Waals surface area contributed by atoms with Crippen molar-refractivity contribution in [2.24, 2.45) is 5.92 Å². The molecule has 4 heteroatoms. The maximum atomic E-state index is 6.75. The van der Waals surface area contributed by atoms with Gasteiger partial charge in [0.15, 0.2) is 0 Å². The third kappa shape index (κ3) is 6.69. The van der Waals surface area contributed by atoms with Gasteiger partial charge in [-0.1, -0.05) is 90.5 Å². The smallest absolute Gasteiger partial charge is 0.0496 e. The van der Waals surface area contributed by atoms with E-state index in [2.05, 4.69) is 78.6 Å². The first kappa shape index (κ1) is 27.8. The van der Waals surface area contributed by atoms with E-state index in [0.717, 1.165) is 54.4 Å². The van der Waals surface area contributed by atoms with Gasteiger partial charge in [0, 0.05) is 42.4 Å². The molecule has 0 radical (unpaired) electrons. The summed E-state index contributed by atoms with van der Waals surface area (Å²) in [4.78, 5) is 2.03. The predicted octanol–water partition coefficient (Wildman–Crippen LogP) is 8.83. The van der Waals surface area contributed by atoms with Gasteiger partial charge in [-0.15, -0.1) is 0 Å². The number of rotatable bonds is 9. The van der Waals surface area contributed by atoms with Crippen molar-refractivity contribution in [3.05, 3.63) is 129 Å². The van der Waals surface area contributed by atoms with Crippen LogP contribution in [-0.4, -0.2) is 31.6 Å². The van der Waals surface area contributed by atoms with Crippen LogP contribution in [0.25, 0.3) is 11.1 Å². The molecule has 0 heterocycles. The summed E-state index contributed by atoms with van der Waals surface area (Å²) in [7, 11) is 4.04. The van der Waals surface area contributed by atoms with Crippen LogP contribution in [0, 0.1) is 5.92 Å². The molecule has 0 aromatic heterocycles. The molecule has 3 aromatic rings. The second-order valence-electron chi connectivity index (χ2n) is 11.1. The molecule has 3 aromatic carbocycles. The minimum Gasteiger partial charge on any atom is -0.378 e. The standard InChI is InChI=1S/C35H38Cl2N2/c1-24(39(2)3)8-7-19-38-30-21-26(22-30)20-25-13-15-28(16-14-25)35-31-11-5-4-9-27(31)10-6-12-33(35)32-18-17-29(36)23-34(32)37/h4-5,7-9,11,13-18,23,26,30,38H,1,6,10,12,19-22H2,2-3H3/b8-7+. The topological polar surface area (TPSA) is 15.3 Å². The Balaban J connectivity index is 1.30. The van der Waals surface area contributed by atoms with Crippen LogP contribution in [0.5, 0.6) is 0 Å². The molecule has 1 saturated carbocycles. The Morgan fingerprint density at radius 2 is 1.74 bits per heavy atom. The van der Waals surface area contributed by atoms with Gasteiger partial charge in [0.2, 0.25) is 0 Å². The Kier molecular flexibility index (Phi) is 8.97. The number of nitrogens with zero attached hydrogens (tertiary/aromatic N) is 1. The Bertz CT molecular complexity index is 1380. The van der Waals surface area contributed by atoms with Crippen molar-refractivity contribution in [2.75, 3.05) is 20.6 Å². The summed E-state index contributed by atoms with van der Waals surface area (Å²) in [6.07, 6.45) is 11.0. The number of nitrogens with one attached hydrogen (secondary N) is 1. The van der Waals surface area contributed by atoms with Crippen LogP contribution in [0.4, 0.5) is 0 Å². The number of hydrogen-bond acceptors (Lipinski definition) is 2. The lowest BCUT2D eigenvalue weighted by Crippen LogP contribution is -2.42. The minimum atomic E-state index is 0.617. The van der Waals surface area contributed by atoms with Crippen molar-refractivity contribution in [3.8, 4) is 0 Å². The molecule has 5 rings (SSSR count). The van der Waals surface area contributed by atoms with Crippen LogP contribution < -0.4 is 5.32 Å². The minimum absolute atomic E-state index is 0.617. The van der Waals surface area contributed by atoms with E-state index in [4.69, 9.17) is 23.2 Å². The molecule has 39 heavy (non-hydrogen) atoms. The Hall–Kier alpha value is -2.78. The fraction of sp³-hybridized carbons (Fsp3) is 0.314. The van der Waals surface area contributed by atoms with Crippen molar-refractivity contribution in [2.45, 2.75) is 44.6 Å². The quantitative estimate of drug-likeness (QED) is 0.265. The van der Waals surface area contributed by atoms with Gasteiger partial charge in [-0.05, 0) is 102 Å². The largest absolute Gasteiger partial charge is 0.378 e. The van der Waals surface area contributed by atoms with E-state index in [1.165, 1.54) is 46.2 Å². The lowest BCUT2D eigenvalue weighted by atomic mass is 9.76. The molecule has 0 unspecified atom stereocenters. The van der Waals surface area contributed by atoms with E-state index < -0.39 is 0 Å². The van der Waals surface area contributed by atoms with Crippen LogP contribution >= 0.6 is 23.2 Å². The van der Waals surface area contributed by atoms with Crippen LogP contribution in [0.3, 0.4) is 0 Å². The van der Waals surface area contributed by atoms with Crippen LogP contribution in [0.1, 0.15) is 53.5 Å². The first-order valence-corrected chi connectivity index (χ1v) is 14.8. The molecule has 0 saturated heterocycles. The van der Waals surface area contributed by atoms with Crippen LogP contribution in [0.2, 0.25) is 10.0 Å². The average Bonchev–Trinajstić information content (AvgIpc) is 3.09. The number of hydrogen-bond donors (Lipinski definition) is 1. The predicted molar refractivity (Wildman–Crippen MR) is 168 cm³/mol. The number of fused-ring (bicyclic) bond motifs is 1. The highest BCUT2D eigenvalue weighted by atomic mass is 35.5. The van der Waals surface area contributed by atoms with Crippen molar-refractivity contribution in [1.29, 1.82) is 0 Å². The molecule has 202 valence electrons. The molecule has 0 atom stereocenters. The zero-order valence-electron chi connectivity index (χ0n) is 23.0. The zero-order chi connectivity index (χ0) is 27.4. The lowest BCUT2D eigenvalue weighted by molar-refractivity contribution is 0.227. The number of allylic oxidation sites excluding steroid dienone is 2.